The summed E-state index contributed by atoms with van der Waals surface area (Å²) in [4.78, 5) is 14.5. The van der Waals surface area contributed by atoms with Crippen molar-refractivity contribution in [2.45, 2.75) is 11.3 Å². The molecule has 156 valence electrons. The van der Waals surface area contributed by atoms with E-state index in [1.807, 2.05) is 48.5 Å². The summed E-state index contributed by atoms with van der Waals surface area (Å²) in [5.41, 5.74) is 1.70. The lowest BCUT2D eigenvalue weighted by Crippen LogP contribution is -2.42. The molecule has 5 nitrogen and oxygen atoms in total. The Balaban J connectivity index is 1.84. The van der Waals surface area contributed by atoms with Crippen LogP contribution in [0.25, 0.3) is 0 Å². The molecule has 0 N–H and O–H groups in total. The number of sulfonamides is 1. The lowest BCUT2D eigenvalue weighted by Gasteiger charge is -2.25. The second kappa shape index (κ2) is 9.89. The minimum Gasteiger partial charge on any atom is -0.314 e. The first-order valence-corrected chi connectivity index (χ1v) is 11.3. The third kappa shape index (κ3) is 5.48. The van der Waals surface area contributed by atoms with Gasteiger partial charge in [0, 0.05) is 24.3 Å². The minimum atomic E-state index is -3.87. The molecule has 0 heterocycles. The van der Waals surface area contributed by atoms with Gasteiger partial charge in [-0.1, -0.05) is 60.1 Å². The quantitative estimate of drug-likeness (QED) is 0.524. The molecule has 30 heavy (non-hydrogen) atoms. The van der Waals surface area contributed by atoms with Crippen molar-refractivity contribution in [3.05, 3.63) is 95.5 Å². The van der Waals surface area contributed by atoms with Crippen LogP contribution in [-0.2, 0) is 21.2 Å². The number of carbonyl (C=O) groups is 1. The van der Waals surface area contributed by atoms with Gasteiger partial charge in [0.25, 0.3) is 0 Å². The van der Waals surface area contributed by atoms with Gasteiger partial charge in [-0.2, -0.15) is 4.31 Å². The number of hydrogen-bond donors (Lipinski definition) is 0. The van der Waals surface area contributed by atoms with Crippen LogP contribution in [0.1, 0.15) is 5.56 Å². The van der Waals surface area contributed by atoms with E-state index in [1.54, 1.807) is 19.2 Å². The Kier molecular flexibility index (Phi) is 7.26. The lowest BCUT2D eigenvalue weighted by molar-refractivity contribution is -0.118. The van der Waals surface area contributed by atoms with Crippen LogP contribution in [0.4, 0.5) is 5.69 Å². The van der Waals surface area contributed by atoms with Gasteiger partial charge in [-0.3, -0.25) is 4.79 Å². The average Bonchev–Trinajstić information content (AvgIpc) is 2.77. The molecule has 0 aliphatic rings. The molecule has 0 atom stereocenters. The van der Waals surface area contributed by atoms with E-state index >= 15 is 0 Å². The number of carbonyl (C=O) groups excluding carboxylic acids is 1. The van der Waals surface area contributed by atoms with E-state index in [0.717, 1.165) is 5.56 Å². The number of hydrogen-bond acceptors (Lipinski definition) is 3. The largest absolute Gasteiger partial charge is 0.314 e. The highest BCUT2D eigenvalue weighted by molar-refractivity contribution is 7.89. The summed E-state index contributed by atoms with van der Waals surface area (Å²) in [5, 5.41) is 0.449. The van der Waals surface area contributed by atoms with Crippen LogP contribution in [0.5, 0.6) is 0 Å². The van der Waals surface area contributed by atoms with Crippen LogP contribution in [-0.4, -0.2) is 38.8 Å². The number of likely N-dealkylation sites (N-methyl/N-ethyl adjacent to an activating group) is 1. The van der Waals surface area contributed by atoms with Gasteiger partial charge in [0.15, 0.2) is 0 Å². The molecule has 0 fully saturated rings. The van der Waals surface area contributed by atoms with E-state index in [9.17, 15) is 13.2 Å². The monoisotopic (exact) mass is 442 g/mol. The van der Waals surface area contributed by atoms with Crippen molar-refractivity contribution in [3.63, 3.8) is 0 Å². The zero-order valence-electron chi connectivity index (χ0n) is 16.6. The second-order valence-electron chi connectivity index (χ2n) is 6.82. The Morgan fingerprint density at radius 2 is 1.43 bits per heavy atom. The molecule has 3 rings (SSSR count). The Morgan fingerprint density at radius 1 is 0.867 bits per heavy atom. The van der Waals surface area contributed by atoms with E-state index in [1.165, 1.54) is 33.5 Å². The first kappa shape index (κ1) is 22.0. The van der Waals surface area contributed by atoms with Gasteiger partial charge < -0.3 is 4.90 Å². The molecule has 0 radical (unpaired) electrons. The highest BCUT2D eigenvalue weighted by Crippen LogP contribution is 2.20. The van der Waals surface area contributed by atoms with Gasteiger partial charge >= 0.3 is 0 Å². The van der Waals surface area contributed by atoms with E-state index in [-0.39, 0.29) is 23.9 Å². The third-order valence-electron chi connectivity index (χ3n) is 4.77. The Morgan fingerprint density at radius 3 is 2.03 bits per heavy atom. The average molecular weight is 443 g/mol. The molecule has 3 aromatic rings. The molecule has 0 spiro atoms. The lowest BCUT2D eigenvalue weighted by atomic mass is 10.1. The second-order valence-corrected chi connectivity index (χ2v) is 9.19. The predicted octanol–water partition coefficient (Wildman–Crippen LogP) is 4.24. The third-order valence-corrected chi connectivity index (χ3v) is 6.88. The summed E-state index contributed by atoms with van der Waals surface area (Å²) in [6, 6.07) is 24.7. The fourth-order valence-electron chi connectivity index (χ4n) is 2.99. The van der Waals surface area contributed by atoms with Crippen LogP contribution < -0.4 is 4.90 Å². The van der Waals surface area contributed by atoms with Crippen LogP contribution in [0.2, 0.25) is 5.02 Å². The number of benzene rings is 3. The Bertz CT molecular complexity index is 1070. The molecule has 0 saturated heterocycles. The summed E-state index contributed by atoms with van der Waals surface area (Å²) < 4.78 is 27.8. The molecule has 0 aliphatic carbocycles. The molecule has 0 aliphatic heterocycles. The fraction of sp³-hybridized carbons (Fsp3) is 0.174. The maximum atomic E-state index is 13.3. The Labute approximate surface area is 182 Å². The maximum absolute atomic E-state index is 13.3. The van der Waals surface area contributed by atoms with Gasteiger partial charge in [0.05, 0.1) is 11.4 Å². The highest BCUT2D eigenvalue weighted by Gasteiger charge is 2.28. The van der Waals surface area contributed by atoms with E-state index in [2.05, 4.69) is 0 Å². The van der Waals surface area contributed by atoms with Gasteiger partial charge in [-0.15, -0.1) is 0 Å². The number of para-hydroxylation sites is 1. The van der Waals surface area contributed by atoms with Crippen LogP contribution in [0, 0.1) is 0 Å². The summed E-state index contributed by atoms with van der Waals surface area (Å²) in [5.74, 6) is -0.313. The molecule has 3 aromatic carbocycles. The van der Waals surface area contributed by atoms with Gasteiger partial charge in [-0.05, 0) is 48.4 Å². The maximum Gasteiger partial charge on any atom is 0.243 e. The van der Waals surface area contributed by atoms with E-state index < -0.39 is 10.0 Å². The van der Waals surface area contributed by atoms with Gasteiger partial charge in [0.1, 0.15) is 0 Å². The van der Waals surface area contributed by atoms with Crippen LogP contribution in [0.3, 0.4) is 0 Å². The fourth-order valence-corrected chi connectivity index (χ4v) is 4.51. The zero-order valence-corrected chi connectivity index (χ0v) is 18.2. The predicted molar refractivity (Wildman–Crippen MR) is 120 cm³/mol. The summed E-state index contributed by atoms with van der Waals surface area (Å²) in [6.07, 6.45) is 0.496. The van der Waals surface area contributed by atoms with E-state index in [4.69, 9.17) is 11.6 Å². The van der Waals surface area contributed by atoms with Crippen molar-refractivity contribution in [1.29, 1.82) is 0 Å². The van der Waals surface area contributed by atoms with Crippen LogP contribution in [0.15, 0.2) is 89.8 Å². The minimum absolute atomic E-state index is 0.107. The van der Waals surface area contributed by atoms with Gasteiger partial charge in [0.2, 0.25) is 15.9 Å². The van der Waals surface area contributed by atoms with Crippen molar-refractivity contribution < 1.29 is 13.2 Å². The van der Waals surface area contributed by atoms with Gasteiger partial charge in [-0.25, -0.2) is 8.42 Å². The molecule has 0 unspecified atom stereocenters. The summed E-state index contributed by atoms with van der Waals surface area (Å²) in [6.45, 7) is -0.0769. The number of halogens is 1. The molecule has 7 heteroatoms. The first-order chi connectivity index (χ1) is 14.4. The molecular formula is C23H23ClN2O3S. The Hall–Kier alpha value is -2.67. The SMILES string of the molecule is CN(C(=O)CN(CCc1ccccc1)S(=O)(=O)c1ccc(Cl)cc1)c1ccccc1. The zero-order chi connectivity index (χ0) is 21.6. The summed E-state index contributed by atoms with van der Waals surface area (Å²) >= 11 is 5.91. The smallest absolute Gasteiger partial charge is 0.243 e. The normalized spacial score (nSPS) is 11.4. The van der Waals surface area contributed by atoms with Crippen molar-refractivity contribution in [3.8, 4) is 0 Å². The standard InChI is InChI=1S/C23H23ClN2O3S/c1-25(21-10-6-3-7-11-21)23(27)18-26(17-16-19-8-4-2-5-9-19)30(28,29)22-14-12-20(24)13-15-22/h2-15H,16-18H2,1H3. The number of anilines is 1. The van der Waals surface area contributed by atoms with Crippen molar-refractivity contribution in [2.75, 3.05) is 25.0 Å². The molecule has 0 aromatic heterocycles. The van der Waals surface area contributed by atoms with Crippen molar-refractivity contribution in [2.24, 2.45) is 0 Å². The summed E-state index contributed by atoms with van der Waals surface area (Å²) in [7, 11) is -2.23. The number of nitrogens with zero attached hydrogens (tertiary/aromatic N) is 2. The van der Waals surface area contributed by atoms with Crippen molar-refractivity contribution >= 4 is 33.2 Å². The van der Waals surface area contributed by atoms with E-state index in [0.29, 0.717) is 17.1 Å². The molecule has 1 amide bonds. The molecular weight excluding hydrogens is 420 g/mol. The molecule has 0 bridgehead atoms. The molecule has 0 saturated carbocycles. The van der Waals surface area contributed by atoms with Crippen molar-refractivity contribution in [1.82, 2.24) is 4.31 Å². The number of amides is 1. The van der Waals surface area contributed by atoms with Crippen LogP contribution >= 0.6 is 11.6 Å². The topological polar surface area (TPSA) is 57.7 Å². The highest BCUT2D eigenvalue weighted by atomic mass is 35.5. The number of rotatable bonds is 8. The first-order valence-electron chi connectivity index (χ1n) is 9.49.